The Morgan fingerprint density at radius 3 is 2.23 bits per heavy atom. The second kappa shape index (κ2) is 4.94. The van der Waals surface area contributed by atoms with Crippen molar-refractivity contribution >= 4 is 0 Å². The number of piperidine rings is 1. The van der Waals surface area contributed by atoms with Gasteiger partial charge in [-0.25, -0.2) is 0 Å². The van der Waals surface area contributed by atoms with Crippen molar-refractivity contribution < 1.29 is 14.0 Å². The van der Waals surface area contributed by atoms with E-state index in [1.54, 1.807) is 14.2 Å². The lowest BCUT2D eigenvalue weighted by atomic mass is 10.1. The Labute approximate surface area is 81.2 Å². The molecule has 1 saturated heterocycles. The van der Waals surface area contributed by atoms with Crippen molar-refractivity contribution in [3.8, 4) is 0 Å². The van der Waals surface area contributed by atoms with Crippen molar-refractivity contribution in [2.45, 2.75) is 32.4 Å². The smallest absolute Gasteiger partial charge is 0.191 e. The molecular formula is C10H22NO2+. The summed E-state index contributed by atoms with van der Waals surface area (Å²) < 4.78 is 11.7. The van der Waals surface area contributed by atoms with Gasteiger partial charge in [-0.15, -0.1) is 0 Å². The lowest BCUT2D eigenvalue weighted by Gasteiger charge is -2.44. The van der Waals surface area contributed by atoms with Gasteiger partial charge in [0.05, 0.1) is 13.1 Å². The standard InChI is InChI=1S/C10H22NO2/c1-10(13-3)11(9-12-2)7-5-4-6-8-11/h10H,4-9H2,1-3H3/q+1. The highest BCUT2D eigenvalue weighted by molar-refractivity contribution is 4.53. The molecule has 78 valence electrons. The van der Waals surface area contributed by atoms with Crippen molar-refractivity contribution in [3.05, 3.63) is 0 Å². The number of likely N-dealkylation sites (tertiary alicyclic amines) is 1. The molecule has 1 aliphatic rings. The van der Waals surface area contributed by atoms with Crippen LogP contribution < -0.4 is 0 Å². The second-order valence-corrected chi connectivity index (χ2v) is 3.98. The summed E-state index contributed by atoms with van der Waals surface area (Å²) in [4.78, 5) is 0. The highest BCUT2D eigenvalue weighted by atomic mass is 16.5. The summed E-state index contributed by atoms with van der Waals surface area (Å²) in [5.41, 5.74) is 0. The first-order chi connectivity index (χ1) is 6.25. The maximum atomic E-state index is 5.44. The largest absolute Gasteiger partial charge is 0.335 e. The summed E-state index contributed by atoms with van der Waals surface area (Å²) in [7, 11) is 3.56. The van der Waals surface area contributed by atoms with E-state index in [0.29, 0.717) is 0 Å². The molecule has 1 fully saturated rings. The summed E-state index contributed by atoms with van der Waals surface area (Å²) in [6.45, 7) is 5.32. The Morgan fingerprint density at radius 1 is 1.15 bits per heavy atom. The average molecular weight is 188 g/mol. The maximum absolute atomic E-state index is 5.44. The molecule has 3 nitrogen and oxygen atoms in total. The van der Waals surface area contributed by atoms with E-state index >= 15 is 0 Å². The normalized spacial score (nSPS) is 24.2. The summed E-state index contributed by atoms with van der Waals surface area (Å²) in [6.07, 6.45) is 4.23. The minimum atomic E-state index is 0.264. The van der Waals surface area contributed by atoms with E-state index in [4.69, 9.17) is 9.47 Å². The van der Waals surface area contributed by atoms with Gasteiger partial charge in [-0.3, -0.25) is 4.48 Å². The zero-order valence-corrected chi connectivity index (χ0v) is 9.08. The van der Waals surface area contributed by atoms with Gasteiger partial charge in [-0.1, -0.05) is 0 Å². The van der Waals surface area contributed by atoms with Crippen LogP contribution >= 0.6 is 0 Å². The molecule has 0 saturated carbocycles. The first kappa shape index (κ1) is 11.0. The molecule has 0 amide bonds. The fourth-order valence-electron chi connectivity index (χ4n) is 2.22. The maximum Gasteiger partial charge on any atom is 0.191 e. The molecule has 0 bridgehead atoms. The summed E-state index contributed by atoms with van der Waals surface area (Å²) in [6, 6.07) is 0. The summed E-state index contributed by atoms with van der Waals surface area (Å²) in [5, 5.41) is 0. The molecule has 0 N–H and O–H groups in total. The third-order valence-electron chi connectivity index (χ3n) is 3.21. The third-order valence-corrected chi connectivity index (χ3v) is 3.21. The van der Waals surface area contributed by atoms with E-state index in [1.807, 2.05) is 0 Å². The number of ether oxygens (including phenoxy) is 2. The zero-order valence-electron chi connectivity index (χ0n) is 9.08. The van der Waals surface area contributed by atoms with Gasteiger partial charge in [0.15, 0.2) is 13.0 Å². The van der Waals surface area contributed by atoms with E-state index in [2.05, 4.69) is 6.92 Å². The number of hydrogen-bond donors (Lipinski definition) is 0. The van der Waals surface area contributed by atoms with Crippen molar-refractivity contribution in [2.24, 2.45) is 0 Å². The van der Waals surface area contributed by atoms with Crippen LogP contribution in [-0.4, -0.2) is 44.8 Å². The number of nitrogens with zero attached hydrogens (tertiary/aromatic N) is 1. The van der Waals surface area contributed by atoms with E-state index in [1.165, 1.54) is 32.4 Å². The fourth-order valence-corrected chi connectivity index (χ4v) is 2.22. The lowest BCUT2D eigenvalue weighted by Crippen LogP contribution is -2.58. The van der Waals surface area contributed by atoms with Gasteiger partial charge in [0, 0.05) is 21.1 Å². The van der Waals surface area contributed by atoms with Crippen LogP contribution in [0.1, 0.15) is 26.2 Å². The molecule has 1 atom stereocenters. The van der Waals surface area contributed by atoms with Crippen LogP contribution in [0.3, 0.4) is 0 Å². The van der Waals surface area contributed by atoms with Crippen LogP contribution in [-0.2, 0) is 9.47 Å². The van der Waals surface area contributed by atoms with Crippen molar-refractivity contribution in [2.75, 3.05) is 34.0 Å². The summed E-state index contributed by atoms with van der Waals surface area (Å²) in [5.74, 6) is 0. The molecular weight excluding hydrogens is 166 g/mol. The predicted molar refractivity (Wildman–Crippen MR) is 52.2 cm³/mol. The molecule has 0 aliphatic carbocycles. The number of rotatable bonds is 4. The minimum Gasteiger partial charge on any atom is -0.335 e. The van der Waals surface area contributed by atoms with Crippen molar-refractivity contribution in [1.82, 2.24) is 0 Å². The SMILES string of the molecule is COC[N+]1(C(C)OC)CCCCC1. The predicted octanol–water partition coefficient (Wildman–Crippen LogP) is 1.58. The number of hydrogen-bond acceptors (Lipinski definition) is 2. The quantitative estimate of drug-likeness (QED) is 0.624. The van der Waals surface area contributed by atoms with Gasteiger partial charge < -0.3 is 9.47 Å². The summed E-state index contributed by atoms with van der Waals surface area (Å²) >= 11 is 0. The van der Waals surface area contributed by atoms with Gasteiger partial charge >= 0.3 is 0 Å². The van der Waals surface area contributed by atoms with Crippen molar-refractivity contribution in [1.29, 1.82) is 0 Å². The van der Waals surface area contributed by atoms with Crippen LogP contribution in [0.5, 0.6) is 0 Å². The molecule has 13 heavy (non-hydrogen) atoms. The molecule has 0 aromatic rings. The first-order valence-corrected chi connectivity index (χ1v) is 5.13. The Bertz CT molecular complexity index is 138. The van der Waals surface area contributed by atoms with E-state index in [0.717, 1.165) is 11.2 Å². The Kier molecular flexibility index (Phi) is 4.16. The van der Waals surface area contributed by atoms with Crippen LogP contribution in [0, 0.1) is 0 Å². The minimum absolute atomic E-state index is 0.264. The van der Waals surface area contributed by atoms with Crippen LogP contribution in [0.15, 0.2) is 0 Å². The monoisotopic (exact) mass is 188 g/mol. The topological polar surface area (TPSA) is 18.5 Å². The first-order valence-electron chi connectivity index (χ1n) is 5.13. The molecule has 1 unspecified atom stereocenters. The van der Waals surface area contributed by atoms with Gasteiger partial charge in [0.25, 0.3) is 0 Å². The third kappa shape index (κ3) is 2.42. The highest BCUT2D eigenvalue weighted by Gasteiger charge is 2.35. The molecule has 1 rings (SSSR count). The van der Waals surface area contributed by atoms with Crippen LogP contribution in [0.25, 0.3) is 0 Å². The molecule has 1 heterocycles. The molecule has 0 spiro atoms. The Hall–Kier alpha value is -0.120. The van der Waals surface area contributed by atoms with Crippen LogP contribution in [0.4, 0.5) is 0 Å². The van der Waals surface area contributed by atoms with Crippen molar-refractivity contribution in [3.63, 3.8) is 0 Å². The Morgan fingerprint density at radius 2 is 1.77 bits per heavy atom. The fraction of sp³-hybridized carbons (Fsp3) is 1.00. The Balaban J connectivity index is 2.60. The lowest BCUT2D eigenvalue weighted by molar-refractivity contribution is -0.988. The van der Waals surface area contributed by atoms with E-state index in [9.17, 15) is 0 Å². The van der Waals surface area contributed by atoms with E-state index in [-0.39, 0.29) is 6.23 Å². The highest BCUT2D eigenvalue weighted by Crippen LogP contribution is 2.22. The molecule has 1 aliphatic heterocycles. The number of methoxy groups -OCH3 is 2. The molecule has 0 aromatic heterocycles. The zero-order chi connectivity index (χ0) is 9.73. The number of quaternary nitrogens is 1. The van der Waals surface area contributed by atoms with Gasteiger partial charge in [0.2, 0.25) is 0 Å². The van der Waals surface area contributed by atoms with Gasteiger partial charge in [-0.05, 0) is 19.3 Å². The molecule has 0 aromatic carbocycles. The molecule has 3 heteroatoms. The van der Waals surface area contributed by atoms with E-state index < -0.39 is 0 Å². The van der Waals surface area contributed by atoms with Gasteiger partial charge in [0.1, 0.15) is 0 Å². The molecule has 0 radical (unpaired) electrons. The average Bonchev–Trinajstić information content (AvgIpc) is 2.18. The van der Waals surface area contributed by atoms with Gasteiger partial charge in [-0.2, -0.15) is 0 Å². The second-order valence-electron chi connectivity index (χ2n) is 3.98. The van der Waals surface area contributed by atoms with Crippen LogP contribution in [0.2, 0.25) is 0 Å².